The second kappa shape index (κ2) is 4.99. The van der Waals surface area contributed by atoms with Crippen molar-refractivity contribution in [2.75, 3.05) is 26.2 Å². The number of piperazine rings is 1. The van der Waals surface area contributed by atoms with Gasteiger partial charge < -0.3 is 15.0 Å². The van der Waals surface area contributed by atoms with Gasteiger partial charge in [0.15, 0.2) is 0 Å². The molecule has 1 aromatic heterocycles. The molecule has 0 bridgehead atoms. The first kappa shape index (κ1) is 12.1. The van der Waals surface area contributed by atoms with Crippen LogP contribution < -0.4 is 5.32 Å². The van der Waals surface area contributed by atoms with Crippen molar-refractivity contribution in [3.63, 3.8) is 0 Å². The van der Waals surface area contributed by atoms with Gasteiger partial charge in [-0.05, 0) is 18.6 Å². The maximum absolute atomic E-state index is 12.5. The quantitative estimate of drug-likeness (QED) is 0.832. The normalized spacial score (nSPS) is 23.8. The summed E-state index contributed by atoms with van der Waals surface area (Å²) in [5, 5.41) is 3.31. The van der Waals surface area contributed by atoms with Crippen molar-refractivity contribution in [1.29, 1.82) is 0 Å². The second-order valence-corrected chi connectivity index (χ2v) is 6.05. The van der Waals surface area contributed by atoms with Crippen LogP contribution in [0.15, 0.2) is 6.07 Å². The number of carbonyl (C=O) groups is 1. The molecule has 0 aliphatic carbocycles. The van der Waals surface area contributed by atoms with Gasteiger partial charge >= 0.3 is 0 Å². The monoisotopic (exact) mass is 266 g/mol. The van der Waals surface area contributed by atoms with E-state index in [1.165, 1.54) is 10.4 Å². The molecule has 0 spiro atoms. The second-order valence-electron chi connectivity index (χ2n) is 4.91. The van der Waals surface area contributed by atoms with E-state index in [0.29, 0.717) is 6.61 Å². The third-order valence-corrected chi connectivity index (χ3v) is 4.83. The third-order valence-electron chi connectivity index (χ3n) is 3.60. The minimum absolute atomic E-state index is 0.184. The molecule has 18 heavy (non-hydrogen) atoms. The number of fused-ring (bicyclic) bond motifs is 1. The highest BCUT2D eigenvalue weighted by molar-refractivity contribution is 7.14. The lowest BCUT2D eigenvalue weighted by Crippen LogP contribution is -2.52. The first-order chi connectivity index (χ1) is 8.75. The Hall–Kier alpha value is -0.910. The third kappa shape index (κ3) is 2.18. The molecule has 0 radical (unpaired) electrons. The topological polar surface area (TPSA) is 41.6 Å². The van der Waals surface area contributed by atoms with E-state index in [2.05, 4.69) is 12.2 Å². The molecule has 1 fully saturated rings. The van der Waals surface area contributed by atoms with Crippen LogP contribution in [0.1, 0.15) is 27.0 Å². The smallest absolute Gasteiger partial charge is 0.264 e. The SMILES string of the molecule is C[C@H]1CNCCN1C(=O)c1cc2c(s1)CCOC2. The highest BCUT2D eigenvalue weighted by Gasteiger charge is 2.26. The Labute approximate surface area is 111 Å². The van der Waals surface area contributed by atoms with Crippen LogP contribution >= 0.6 is 11.3 Å². The van der Waals surface area contributed by atoms with Crippen LogP contribution in [0.2, 0.25) is 0 Å². The number of nitrogens with one attached hydrogen (secondary N) is 1. The summed E-state index contributed by atoms with van der Waals surface area (Å²) in [5.74, 6) is 0.184. The predicted octanol–water partition coefficient (Wildman–Crippen LogP) is 1.25. The molecule has 1 amide bonds. The first-order valence-corrected chi connectivity index (χ1v) is 7.28. The summed E-state index contributed by atoms with van der Waals surface area (Å²) in [5.41, 5.74) is 1.21. The Morgan fingerprint density at radius 1 is 1.61 bits per heavy atom. The van der Waals surface area contributed by atoms with Crippen LogP contribution in [-0.2, 0) is 17.8 Å². The molecular formula is C13H18N2O2S. The van der Waals surface area contributed by atoms with Crippen LogP contribution in [0.3, 0.4) is 0 Å². The average molecular weight is 266 g/mol. The predicted molar refractivity (Wildman–Crippen MR) is 71.0 cm³/mol. The molecule has 1 aromatic rings. The molecule has 0 aromatic carbocycles. The van der Waals surface area contributed by atoms with E-state index in [1.807, 2.05) is 11.0 Å². The highest BCUT2D eigenvalue weighted by atomic mass is 32.1. The van der Waals surface area contributed by atoms with Crippen LogP contribution in [0.4, 0.5) is 0 Å². The molecule has 1 saturated heterocycles. The number of ether oxygens (including phenoxy) is 1. The largest absolute Gasteiger partial charge is 0.376 e. The summed E-state index contributed by atoms with van der Waals surface area (Å²) in [6, 6.07) is 2.30. The zero-order chi connectivity index (χ0) is 12.5. The number of carbonyl (C=O) groups excluding carboxylic acids is 1. The Balaban J connectivity index is 1.81. The van der Waals surface area contributed by atoms with Crippen molar-refractivity contribution in [3.05, 3.63) is 21.4 Å². The Bertz CT molecular complexity index is 434. The summed E-state index contributed by atoms with van der Waals surface area (Å²) < 4.78 is 5.43. The van der Waals surface area contributed by atoms with Crippen molar-refractivity contribution in [2.24, 2.45) is 0 Å². The van der Waals surface area contributed by atoms with Gasteiger partial charge in [-0.25, -0.2) is 0 Å². The van der Waals surface area contributed by atoms with Gasteiger partial charge in [0.25, 0.3) is 5.91 Å². The van der Waals surface area contributed by atoms with Gasteiger partial charge in [-0.2, -0.15) is 0 Å². The number of rotatable bonds is 1. The molecule has 98 valence electrons. The highest BCUT2D eigenvalue weighted by Crippen LogP contribution is 2.28. The maximum atomic E-state index is 12.5. The number of hydrogen-bond acceptors (Lipinski definition) is 4. The maximum Gasteiger partial charge on any atom is 0.264 e. The van der Waals surface area contributed by atoms with Crippen LogP contribution in [-0.4, -0.2) is 43.1 Å². The fourth-order valence-electron chi connectivity index (χ4n) is 2.54. The van der Waals surface area contributed by atoms with E-state index in [1.54, 1.807) is 11.3 Å². The van der Waals surface area contributed by atoms with E-state index in [0.717, 1.165) is 37.5 Å². The Morgan fingerprint density at radius 2 is 2.50 bits per heavy atom. The van der Waals surface area contributed by atoms with Gasteiger partial charge in [-0.3, -0.25) is 4.79 Å². The minimum atomic E-state index is 0.184. The minimum Gasteiger partial charge on any atom is -0.376 e. The van der Waals surface area contributed by atoms with Crippen molar-refractivity contribution in [2.45, 2.75) is 26.0 Å². The van der Waals surface area contributed by atoms with Crippen molar-refractivity contribution in [3.8, 4) is 0 Å². The van der Waals surface area contributed by atoms with E-state index < -0.39 is 0 Å². The summed E-state index contributed by atoms with van der Waals surface area (Å²) in [4.78, 5) is 16.7. The zero-order valence-corrected chi connectivity index (χ0v) is 11.4. The molecule has 3 heterocycles. The lowest BCUT2D eigenvalue weighted by molar-refractivity contribution is 0.0660. The van der Waals surface area contributed by atoms with Crippen LogP contribution in [0.5, 0.6) is 0 Å². The molecule has 3 rings (SSSR count). The number of amides is 1. The molecule has 1 N–H and O–H groups in total. The molecular weight excluding hydrogens is 248 g/mol. The first-order valence-electron chi connectivity index (χ1n) is 6.46. The summed E-state index contributed by atoms with van der Waals surface area (Å²) in [6.07, 6.45) is 0.949. The molecule has 4 nitrogen and oxygen atoms in total. The van der Waals surface area contributed by atoms with Crippen LogP contribution in [0, 0.1) is 0 Å². The van der Waals surface area contributed by atoms with E-state index in [-0.39, 0.29) is 11.9 Å². The Morgan fingerprint density at radius 3 is 3.28 bits per heavy atom. The zero-order valence-electron chi connectivity index (χ0n) is 10.6. The van der Waals surface area contributed by atoms with Crippen LogP contribution in [0.25, 0.3) is 0 Å². The van der Waals surface area contributed by atoms with Gasteiger partial charge in [-0.1, -0.05) is 0 Å². The summed E-state index contributed by atoms with van der Waals surface area (Å²) in [6.45, 7) is 6.13. The van der Waals surface area contributed by atoms with E-state index in [9.17, 15) is 4.79 Å². The standard InChI is InChI=1S/C13H18N2O2S/c1-9-7-14-3-4-15(9)13(16)12-6-10-8-17-5-2-11(10)18-12/h6,9,14H,2-5,7-8H2,1H3/t9-/m0/s1. The van der Waals surface area contributed by atoms with Gasteiger partial charge in [0.2, 0.25) is 0 Å². The van der Waals surface area contributed by atoms with Crippen molar-refractivity contribution < 1.29 is 9.53 Å². The molecule has 1 atom stereocenters. The molecule has 2 aliphatic heterocycles. The lowest BCUT2D eigenvalue weighted by Gasteiger charge is -2.33. The van der Waals surface area contributed by atoms with Gasteiger partial charge in [0.05, 0.1) is 18.1 Å². The van der Waals surface area contributed by atoms with Gasteiger partial charge in [0.1, 0.15) is 0 Å². The number of nitrogens with zero attached hydrogens (tertiary/aromatic N) is 1. The van der Waals surface area contributed by atoms with Gasteiger partial charge in [-0.15, -0.1) is 11.3 Å². The number of thiophene rings is 1. The lowest BCUT2D eigenvalue weighted by atomic mass is 10.1. The molecule has 0 unspecified atom stereocenters. The molecule has 0 saturated carbocycles. The summed E-state index contributed by atoms with van der Waals surface area (Å²) in [7, 11) is 0. The molecule has 2 aliphatic rings. The van der Waals surface area contributed by atoms with Crippen molar-refractivity contribution in [1.82, 2.24) is 10.2 Å². The van der Waals surface area contributed by atoms with E-state index in [4.69, 9.17) is 4.74 Å². The average Bonchev–Trinajstić information content (AvgIpc) is 2.82. The van der Waals surface area contributed by atoms with E-state index >= 15 is 0 Å². The van der Waals surface area contributed by atoms with Gasteiger partial charge in [0, 0.05) is 37.0 Å². The Kier molecular flexibility index (Phi) is 3.37. The number of hydrogen-bond donors (Lipinski definition) is 1. The fraction of sp³-hybridized carbons (Fsp3) is 0.615. The van der Waals surface area contributed by atoms with Crippen molar-refractivity contribution >= 4 is 17.2 Å². The fourth-order valence-corrected chi connectivity index (χ4v) is 3.64. The summed E-state index contributed by atoms with van der Waals surface area (Å²) >= 11 is 1.65. The molecule has 5 heteroatoms.